The molecule has 2 aromatic carbocycles. The molecule has 0 saturated heterocycles. The van der Waals surface area contributed by atoms with Crippen LogP contribution in [0.25, 0.3) is 0 Å². The second-order valence-corrected chi connectivity index (χ2v) is 21.5. The van der Waals surface area contributed by atoms with Crippen molar-refractivity contribution in [1.29, 1.82) is 0 Å². The summed E-state index contributed by atoms with van der Waals surface area (Å²) in [6.45, 7) is 27.5. The number of aryl methyl sites for hydroxylation is 2. The topological polar surface area (TPSA) is 98.7 Å². The first-order chi connectivity index (χ1) is 26.9. The molecule has 6 nitrogen and oxygen atoms in total. The highest BCUT2D eigenvalue weighted by Gasteiger charge is 2.28. The van der Waals surface area contributed by atoms with Crippen LogP contribution in [0.15, 0.2) is 24.3 Å². The number of hydrogen-bond acceptors (Lipinski definition) is 4. The fourth-order valence-electron chi connectivity index (χ4n) is 7.91. The molecule has 0 aliphatic heterocycles. The van der Waals surface area contributed by atoms with Crippen molar-refractivity contribution in [3.63, 3.8) is 0 Å². The van der Waals surface area contributed by atoms with E-state index in [4.69, 9.17) is 0 Å². The van der Waals surface area contributed by atoms with Crippen LogP contribution in [0.5, 0.6) is 11.5 Å². The van der Waals surface area contributed by atoms with Gasteiger partial charge in [-0.15, -0.1) is 0 Å². The van der Waals surface area contributed by atoms with E-state index < -0.39 is 6.17 Å². The maximum Gasteiger partial charge on any atom is 0.221 e. The number of benzene rings is 2. The molecule has 58 heavy (non-hydrogen) atoms. The van der Waals surface area contributed by atoms with E-state index in [2.05, 4.69) is 101 Å². The van der Waals surface area contributed by atoms with Crippen molar-refractivity contribution in [1.82, 2.24) is 10.6 Å². The van der Waals surface area contributed by atoms with Gasteiger partial charge in [-0.1, -0.05) is 204 Å². The Balaban J connectivity index is 2.05. The summed E-state index contributed by atoms with van der Waals surface area (Å²) in [5, 5.41) is 28.7. The summed E-state index contributed by atoms with van der Waals surface area (Å²) in [6, 6.07) is 8.19. The maximum atomic E-state index is 13.5. The van der Waals surface area contributed by atoms with Crippen molar-refractivity contribution in [2.45, 2.75) is 246 Å². The van der Waals surface area contributed by atoms with Gasteiger partial charge in [-0.05, 0) is 80.7 Å². The first-order valence-corrected chi connectivity index (χ1v) is 23.3. The number of amides is 2. The van der Waals surface area contributed by atoms with Crippen molar-refractivity contribution < 1.29 is 19.8 Å². The standard InChI is InChI=1S/C52H88N2O4/c1-14-15-16-17-18-19-20-21-22-23-24-25-26-27-28-29-44(53-45(55)32-30-38-34-40(49(2,3)4)47(57)41(35-38)50(5,6)7)54-46(56)33-31-39-36-42(51(8,9)10)48(58)43(37-39)52(11,12)13/h34-37,44,57-58H,14-33H2,1-13H3,(H,53,55)(H,54,56). The predicted molar refractivity (Wildman–Crippen MR) is 247 cm³/mol. The summed E-state index contributed by atoms with van der Waals surface area (Å²) in [5.41, 5.74) is 4.67. The third-order valence-corrected chi connectivity index (χ3v) is 11.6. The van der Waals surface area contributed by atoms with Gasteiger partial charge in [0.25, 0.3) is 0 Å². The zero-order valence-corrected chi connectivity index (χ0v) is 39.7. The molecule has 0 spiro atoms. The summed E-state index contributed by atoms with van der Waals surface area (Å²) in [4.78, 5) is 27.1. The summed E-state index contributed by atoms with van der Waals surface area (Å²) in [6.07, 6.45) is 21.3. The average Bonchev–Trinajstić information content (AvgIpc) is 3.10. The smallest absolute Gasteiger partial charge is 0.221 e. The van der Waals surface area contributed by atoms with Gasteiger partial charge in [-0.2, -0.15) is 0 Å². The average molecular weight is 805 g/mol. The van der Waals surface area contributed by atoms with Gasteiger partial charge >= 0.3 is 0 Å². The molecule has 0 fully saturated rings. The number of hydrogen-bond donors (Lipinski definition) is 4. The van der Waals surface area contributed by atoms with Crippen molar-refractivity contribution in [3.8, 4) is 11.5 Å². The predicted octanol–water partition coefficient (Wildman–Crippen LogP) is 13.7. The highest BCUT2D eigenvalue weighted by molar-refractivity contribution is 5.79. The van der Waals surface area contributed by atoms with Crippen LogP contribution in [0.1, 0.15) is 239 Å². The minimum Gasteiger partial charge on any atom is -0.507 e. The summed E-state index contributed by atoms with van der Waals surface area (Å²) >= 11 is 0. The Kier molecular flexibility index (Phi) is 20.9. The fraction of sp³-hybridized carbons (Fsp3) is 0.731. The van der Waals surface area contributed by atoms with E-state index in [1.165, 1.54) is 83.5 Å². The van der Waals surface area contributed by atoms with Crippen LogP contribution in [0.4, 0.5) is 0 Å². The zero-order valence-electron chi connectivity index (χ0n) is 39.7. The van der Waals surface area contributed by atoms with E-state index >= 15 is 0 Å². The third kappa shape index (κ3) is 18.5. The lowest BCUT2D eigenvalue weighted by molar-refractivity contribution is -0.124. The molecular weight excluding hydrogens is 717 g/mol. The molecule has 330 valence electrons. The number of phenolic OH excluding ortho intramolecular Hbond substituents is 2. The lowest BCUT2D eigenvalue weighted by atomic mass is 9.78. The second-order valence-electron chi connectivity index (χ2n) is 21.5. The minimum absolute atomic E-state index is 0.0860. The van der Waals surface area contributed by atoms with Gasteiger partial charge in [-0.25, -0.2) is 0 Å². The van der Waals surface area contributed by atoms with Crippen LogP contribution in [-0.4, -0.2) is 28.2 Å². The van der Waals surface area contributed by atoms with E-state index in [1.54, 1.807) is 0 Å². The molecule has 0 atom stereocenters. The Labute approximate surface area is 356 Å². The first kappa shape index (κ1) is 51.1. The summed E-state index contributed by atoms with van der Waals surface area (Å²) < 4.78 is 0. The number of carbonyl (C=O) groups is 2. The minimum atomic E-state index is -0.438. The molecule has 2 rings (SSSR count). The van der Waals surface area contributed by atoms with E-state index in [1.807, 2.05) is 24.3 Å². The van der Waals surface area contributed by atoms with Gasteiger partial charge in [0.05, 0.1) is 0 Å². The van der Waals surface area contributed by atoms with E-state index in [0.717, 1.165) is 46.2 Å². The Morgan fingerprint density at radius 1 is 0.466 bits per heavy atom. The highest BCUT2D eigenvalue weighted by atomic mass is 16.3. The van der Waals surface area contributed by atoms with Crippen LogP contribution < -0.4 is 10.6 Å². The van der Waals surface area contributed by atoms with E-state index in [-0.39, 0.29) is 33.5 Å². The Morgan fingerprint density at radius 2 is 0.724 bits per heavy atom. The summed E-state index contributed by atoms with van der Waals surface area (Å²) in [7, 11) is 0. The van der Waals surface area contributed by atoms with E-state index in [9.17, 15) is 19.8 Å². The maximum absolute atomic E-state index is 13.5. The number of rotatable bonds is 24. The lowest BCUT2D eigenvalue weighted by Crippen LogP contribution is -2.48. The Morgan fingerprint density at radius 3 is 0.983 bits per heavy atom. The fourth-order valence-corrected chi connectivity index (χ4v) is 7.91. The molecule has 0 aromatic heterocycles. The summed E-state index contributed by atoms with van der Waals surface area (Å²) in [5.74, 6) is 0.515. The Hall–Kier alpha value is -3.02. The monoisotopic (exact) mass is 805 g/mol. The van der Waals surface area contributed by atoms with Gasteiger partial charge in [-0.3, -0.25) is 9.59 Å². The van der Waals surface area contributed by atoms with Crippen LogP contribution in [0.3, 0.4) is 0 Å². The SMILES string of the molecule is CCCCCCCCCCCCCCCCCC(NC(=O)CCc1cc(C(C)(C)C)c(O)c(C(C)(C)C)c1)NC(=O)CCc1cc(C(C)(C)C)c(O)c(C(C)(C)C)c1. The molecule has 0 unspecified atom stereocenters. The molecule has 0 bridgehead atoms. The van der Waals surface area contributed by atoms with Crippen molar-refractivity contribution in [2.24, 2.45) is 0 Å². The lowest BCUT2D eigenvalue weighted by Gasteiger charge is -2.28. The Bertz CT molecular complexity index is 1380. The number of nitrogens with one attached hydrogen (secondary N) is 2. The van der Waals surface area contributed by atoms with Crippen LogP contribution in [0.2, 0.25) is 0 Å². The van der Waals surface area contributed by atoms with Gasteiger partial charge in [0, 0.05) is 12.8 Å². The van der Waals surface area contributed by atoms with Crippen molar-refractivity contribution in [2.75, 3.05) is 0 Å². The zero-order chi connectivity index (χ0) is 43.7. The molecule has 0 saturated carbocycles. The van der Waals surface area contributed by atoms with Gasteiger partial charge in [0.2, 0.25) is 11.8 Å². The van der Waals surface area contributed by atoms with Gasteiger partial charge in [0.1, 0.15) is 17.7 Å². The number of carbonyl (C=O) groups excluding carboxylic acids is 2. The molecule has 4 N–H and O–H groups in total. The molecule has 6 heteroatoms. The third-order valence-electron chi connectivity index (χ3n) is 11.6. The first-order valence-electron chi connectivity index (χ1n) is 23.3. The molecule has 0 aliphatic rings. The van der Waals surface area contributed by atoms with Gasteiger partial charge in [0.15, 0.2) is 0 Å². The molecular formula is C52H88N2O4. The van der Waals surface area contributed by atoms with Crippen molar-refractivity contribution in [3.05, 3.63) is 57.6 Å². The largest absolute Gasteiger partial charge is 0.507 e. The molecule has 0 aliphatic carbocycles. The number of phenols is 2. The molecule has 2 amide bonds. The number of unbranched alkanes of at least 4 members (excludes halogenated alkanes) is 14. The van der Waals surface area contributed by atoms with Crippen LogP contribution in [0, 0.1) is 0 Å². The second kappa shape index (κ2) is 23.7. The van der Waals surface area contributed by atoms with Gasteiger partial charge < -0.3 is 20.8 Å². The molecule has 0 radical (unpaired) electrons. The number of aromatic hydroxyl groups is 2. The van der Waals surface area contributed by atoms with Crippen molar-refractivity contribution >= 4 is 11.8 Å². The van der Waals surface area contributed by atoms with Crippen LogP contribution in [-0.2, 0) is 44.1 Å². The highest BCUT2D eigenvalue weighted by Crippen LogP contribution is 2.41. The normalized spacial score (nSPS) is 12.7. The van der Waals surface area contributed by atoms with E-state index in [0.29, 0.717) is 43.6 Å². The molecule has 0 heterocycles. The van der Waals surface area contributed by atoms with Crippen LogP contribution >= 0.6 is 0 Å². The molecule has 2 aromatic rings. The quantitative estimate of drug-likeness (QED) is 0.0627.